The molecule has 0 aliphatic carbocycles. The van der Waals surface area contributed by atoms with Crippen LogP contribution in [-0.2, 0) is 11.3 Å². The van der Waals surface area contributed by atoms with Crippen LogP contribution in [0.25, 0.3) is 21.8 Å². The van der Waals surface area contributed by atoms with Crippen LogP contribution in [0.3, 0.4) is 0 Å². The molecule has 1 aromatic heterocycles. The van der Waals surface area contributed by atoms with E-state index in [-0.39, 0.29) is 30.7 Å². The van der Waals surface area contributed by atoms with Gasteiger partial charge in [-0.1, -0.05) is 66.7 Å². The van der Waals surface area contributed by atoms with Crippen molar-refractivity contribution in [2.45, 2.75) is 19.4 Å². The van der Waals surface area contributed by atoms with Crippen molar-refractivity contribution in [2.75, 3.05) is 6.54 Å². The van der Waals surface area contributed by atoms with Crippen LogP contribution in [0.4, 0.5) is 0 Å². The Hall–Kier alpha value is -4.10. The van der Waals surface area contributed by atoms with E-state index in [9.17, 15) is 14.4 Å². The number of aromatic nitrogens is 1. The monoisotopic (exact) mass is 481 g/mol. The van der Waals surface area contributed by atoms with Crippen LogP contribution in [0.2, 0.25) is 0 Å². The summed E-state index contributed by atoms with van der Waals surface area (Å²) in [7, 11) is 0. The van der Waals surface area contributed by atoms with Crippen molar-refractivity contribution in [2.24, 2.45) is 0 Å². The van der Waals surface area contributed by atoms with Gasteiger partial charge in [0.15, 0.2) is 0 Å². The Balaban J connectivity index is 1.09. The van der Waals surface area contributed by atoms with Gasteiger partial charge in [0.1, 0.15) is 5.01 Å². The molecular formula is C28H23N3O3S. The molecule has 2 heterocycles. The number of carbonyl (C=O) groups excluding carboxylic acids is 3. The lowest BCUT2D eigenvalue weighted by Gasteiger charge is -2.13. The van der Waals surface area contributed by atoms with Crippen LogP contribution in [0.5, 0.6) is 0 Å². The van der Waals surface area contributed by atoms with Crippen molar-refractivity contribution >= 4 is 29.1 Å². The summed E-state index contributed by atoms with van der Waals surface area (Å²) in [5, 5.41) is 5.92. The van der Waals surface area contributed by atoms with E-state index in [1.54, 1.807) is 35.6 Å². The zero-order valence-corrected chi connectivity index (χ0v) is 19.8. The maximum atomic E-state index is 12.4. The molecule has 1 aliphatic rings. The number of nitrogens with zero attached hydrogens (tertiary/aromatic N) is 2. The number of hydrogen-bond donors (Lipinski definition) is 1. The topological polar surface area (TPSA) is 79.4 Å². The molecule has 35 heavy (non-hydrogen) atoms. The average molecular weight is 482 g/mol. The second-order valence-electron chi connectivity index (χ2n) is 8.29. The summed E-state index contributed by atoms with van der Waals surface area (Å²) in [5.41, 5.74) is 4.94. The molecule has 0 fully saturated rings. The van der Waals surface area contributed by atoms with Gasteiger partial charge >= 0.3 is 0 Å². The molecular weight excluding hydrogens is 458 g/mol. The molecule has 0 spiro atoms. The lowest BCUT2D eigenvalue weighted by molar-refractivity contribution is -0.121. The first-order chi connectivity index (χ1) is 17.1. The maximum Gasteiger partial charge on any atom is 0.261 e. The number of nitrogens with one attached hydrogen (secondary N) is 1. The van der Waals surface area contributed by atoms with Crippen molar-refractivity contribution in [3.05, 3.63) is 101 Å². The van der Waals surface area contributed by atoms with Gasteiger partial charge in [-0.05, 0) is 24.1 Å². The highest BCUT2D eigenvalue weighted by Crippen LogP contribution is 2.29. The fourth-order valence-electron chi connectivity index (χ4n) is 4.04. The number of hydrogen-bond acceptors (Lipinski definition) is 5. The van der Waals surface area contributed by atoms with E-state index in [1.807, 2.05) is 54.6 Å². The Bertz CT molecular complexity index is 1350. The van der Waals surface area contributed by atoms with Crippen molar-refractivity contribution < 1.29 is 14.4 Å². The summed E-state index contributed by atoms with van der Waals surface area (Å²) in [6.45, 7) is 0.645. The smallest absolute Gasteiger partial charge is 0.261 e. The second kappa shape index (κ2) is 10.0. The summed E-state index contributed by atoms with van der Waals surface area (Å²) in [4.78, 5) is 43.0. The minimum absolute atomic E-state index is 0.113. The maximum absolute atomic E-state index is 12.4. The quantitative estimate of drug-likeness (QED) is 0.352. The number of fused-ring (bicyclic) bond motifs is 1. The van der Waals surface area contributed by atoms with Gasteiger partial charge in [-0.3, -0.25) is 19.3 Å². The SMILES string of the molecule is O=C(CCCN1C(=O)c2ccccc2C1=O)NCc1ccc(-c2nc(-c3ccccc3)cs2)cc1. The highest BCUT2D eigenvalue weighted by molar-refractivity contribution is 7.13. The van der Waals surface area contributed by atoms with E-state index in [1.165, 1.54) is 4.90 Å². The molecule has 1 N–H and O–H groups in total. The first-order valence-corrected chi connectivity index (χ1v) is 12.3. The largest absolute Gasteiger partial charge is 0.352 e. The minimum Gasteiger partial charge on any atom is -0.352 e. The Morgan fingerprint density at radius 1 is 0.829 bits per heavy atom. The zero-order valence-electron chi connectivity index (χ0n) is 18.9. The van der Waals surface area contributed by atoms with Gasteiger partial charge < -0.3 is 5.32 Å². The van der Waals surface area contributed by atoms with E-state index in [0.29, 0.717) is 24.1 Å². The molecule has 7 heteroatoms. The molecule has 5 rings (SSSR count). The molecule has 0 saturated carbocycles. The predicted molar refractivity (Wildman–Crippen MR) is 136 cm³/mol. The minimum atomic E-state index is -0.290. The van der Waals surface area contributed by atoms with Crippen LogP contribution in [-0.4, -0.2) is 34.2 Å². The molecule has 6 nitrogen and oxygen atoms in total. The summed E-state index contributed by atoms with van der Waals surface area (Å²) in [6, 6.07) is 24.9. The number of benzene rings is 3. The van der Waals surface area contributed by atoms with Crippen LogP contribution >= 0.6 is 11.3 Å². The van der Waals surface area contributed by atoms with Gasteiger partial charge in [-0.25, -0.2) is 4.98 Å². The van der Waals surface area contributed by atoms with Gasteiger partial charge in [0, 0.05) is 36.0 Å². The van der Waals surface area contributed by atoms with E-state index in [2.05, 4.69) is 10.7 Å². The fraction of sp³-hybridized carbons (Fsp3) is 0.143. The van der Waals surface area contributed by atoms with Gasteiger partial charge in [0.2, 0.25) is 5.91 Å². The molecule has 1 aliphatic heterocycles. The van der Waals surface area contributed by atoms with Gasteiger partial charge in [0.25, 0.3) is 11.8 Å². The summed E-state index contributed by atoms with van der Waals surface area (Å²) < 4.78 is 0. The molecule has 0 unspecified atom stereocenters. The lowest BCUT2D eigenvalue weighted by Crippen LogP contribution is -2.32. The summed E-state index contributed by atoms with van der Waals surface area (Å²) in [5.74, 6) is -0.692. The zero-order chi connectivity index (χ0) is 24.2. The first-order valence-electron chi connectivity index (χ1n) is 11.4. The fourth-order valence-corrected chi connectivity index (χ4v) is 4.88. The third-order valence-electron chi connectivity index (χ3n) is 5.93. The highest BCUT2D eigenvalue weighted by Gasteiger charge is 2.34. The standard InChI is InChI=1S/C28H23N3O3S/c32-25(11-6-16-31-27(33)22-9-4-5-10-23(22)28(31)34)29-17-19-12-14-21(15-13-19)26-30-24(18-35-26)20-7-2-1-3-8-20/h1-5,7-10,12-15,18H,6,11,16-17H2,(H,29,32). The molecule has 0 atom stereocenters. The molecule has 0 radical (unpaired) electrons. The summed E-state index contributed by atoms with van der Waals surface area (Å²) >= 11 is 1.60. The Morgan fingerprint density at radius 2 is 1.49 bits per heavy atom. The predicted octanol–water partition coefficient (Wildman–Crippen LogP) is 5.17. The van der Waals surface area contributed by atoms with Crippen molar-refractivity contribution in [1.29, 1.82) is 0 Å². The Kier molecular flexibility index (Phi) is 6.50. The van der Waals surface area contributed by atoms with Crippen LogP contribution in [0, 0.1) is 0 Å². The Labute approximate surface area is 207 Å². The van der Waals surface area contributed by atoms with E-state index in [4.69, 9.17) is 4.98 Å². The number of thiazole rings is 1. The van der Waals surface area contributed by atoms with Crippen LogP contribution < -0.4 is 5.32 Å². The third-order valence-corrected chi connectivity index (χ3v) is 6.82. The first kappa shape index (κ1) is 22.7. The van der Waals surface area contributed by atoms with Crippen molar-refractivity contribution in [3.63, 3.8) is 0 Å². The lowest BCUT2D eigenvalue weighted by atomic mass is 10.1. The van der Waals surface area contributed by atoms with E-state index < -0.39 is 0 Å². The number of imide groups is 1. The number of amides is 3. The van der Waals surface area contributed by atoms with Crippen LogP contribution in [0.15, 0.2) is 84.2 Å². The van der Waals surface area contributed by atoms with Gasteiger partial charge in [-0.2, -0.15) is 0 Å². The van der Waals surface area contributed by atoms with Crippen molar-refractivity contribution in [1.82, 2.24) is 15.2 Å². The van der Waals surface area contributed by atoms with E-state index >= 15 is 0 Å². The normalized spacial score (nSPS) is 12.6. The average Bonchev–Trinajstić information content (AvgIpc) is 3.48. The highest BCUT2D eigenvalue weighted by atomic mass is 32.1. The van der Waals surface area contributed by atoms with Crippen LogP contribution in [0.1, 0.15) is 39.1 Å². The Morgan fingerprint density at radius 3 is 2.17 bits per heavy atom. The molecule has 3 amide bonds. The molecule has 3 aromatic carbocycles. The third kappa shape index (κ3) is 4.90. The molecule has 0 bridgehead atoms. The van der Waals surface area contributed by atoms with Crippen molar-refractivity contribution in [3.8, 4) is 21.8 Å². The van der Waals surface area contributed by atoms with Gasteiger partial charge in [0.05, 0.1) is 16.8 Å². The molecule has 174 valence electrons. The molecule has 0 saturated heterocycles. The second-order valence-corrected chi connectivity index (χ2v) is 9.15. The number of rotatable bonds is 8. The molecule has 4 aromatic rings. The van der Waals surface area contributed by atoms with Gasteiger partial charge in [-0.15, -0.1) is 11.3 Å². The number of carbonyl (C=O) groups is 3. The summed E-state index contributed by atoms with van der Waals surface area (Å²) in [6.07, 6.45) is 0.664. The van der Waals surface area contributed by atoms with E-state index in [0.717, 1.165) is 27.4 Å².